The molecule has 2 fully saturated rings. The van der Waals surface area contributed by atoms with E-state index in [-0.39, 0.29) is 30.5 Å². The number of nitrogens with zero attached hydrogens (tertiary/aromatic N) is 3. The maximum absolute atomic E-state index is 13.2. The van der Waals surface area contributed by atoms with E-state index in [2.05, 4.69) is 4.98 Å². The van der Waals surface area contributed by atoms with E-state index in [1.54, 1.807) is 16.2 Å². The number of rotatable bonds is 7. The van der Waals surface area contributed by atoms with Gasteiger partial charge in [-0.05, 0) is 31.7 Å². The fraction of sp³-hybridized carbons (Fsp3) is 0.560. The summed E-state index contributed by atoms with van der Waals surface area (Å²) in [5, 5.41) is 0. The Kier molecular flexibility index (Phi) is 7.92. The van der Waals surface area contributed by atoms with Gasteiger partial charge in [0, 0.05) is 30.4 Å². The van der Waals surface area contributed by atoms with Gasteiger partial charge in [-0.2, -0.15) is 0 Å². The van der Waals surface area contributed by atoms with Crippen molar-refractivity contribution in [3.63, 3.8) is 0 Å². The summed E-state index contributed by atoms with van der Waals surface area (Å²) >= 11 is 1.59. The topological polar surface area (TPSA) is 62.7 Å². The number of carbonyl (C=O) groups excluding carboxylic acids is 2. The van der Waals surface area contributed by atoms with E-state index in [4.69, 9.17) is 4.74 Å². The van der Waals surface area contributed by atoms with Gasteiger partial charge in [-0.3, -0.25) is 9.59 Å². The zero-order valence-electron chi connectivity index (χ0n) is 18.9. The van der Waals surface area contributed by atoms with E-state index in [0.717, 1.165) is 29.0 Å². The van der Waals surface area contributed by atoms with E-state index < -0.39 is 0 Å². The molecule has 1 aromatic carbocycles. The lowest BCUT2D eigenvalue weighted by molar-refractivity contribution is -0.140. The molecule has 2 heterocycles. The number of carbonyl (C=O) groups is 2. The molecular formula is C25H33N3O3S. The molecule has 4 rings (SSSR count). The van der Waals surface area contributed by atoms with Crippen LogP contribution in [0.25, 0.3) is 0 Å². The van der Waals surface area contributed by atoms with Gasteiger partial charge in [0.05, 0.1) is 30.5 Å². The zero-order valence-corrected chi connectivity index (χ0v) is 19.7. The summed E-state index contributed by atoms with van der Waals surface area (Å²) < 4.78 is 6.27. The van der Waals surface area contributed by atoms with Gasteiger partial charge in [0.2, 0.25) is 11.8 Å². The van der Waals surface area contributed by atoms with Crippen molar-refractivity contribution in [3.05, 3.63) is 52.0 Å². The van der Waals surface area contributed by atoms with Crippen LogP contribution in [0.3, 0.4) is 0 Å². The molecule has 6 nitrogen and oxygen atoms in total. The van der Waals surface area contributed by atoms with Crippen LogP contribution in [0.15, 0.2) is 35.8 Å². The first kappa shape index (κ1) is 22.9. The fourth-order valence-electron chi connectivity index (χ4n) is 4.72. The van der Waals surface area contributed by atoms with Crippen LogP contribution < -0.4 is 0 Å². The Bertz CT molecular complexity index is 895. The van der Waals surface area contributed by atoms with Gasteiger partial charge in [0.15, 0.2) is 0 Å². The van der Waals surface area contributed by atoms with Crippen LogP contribution in [0.5, 0.6) is 0 Å². The summed E-state index contributed by atoms with van der Waals surface area (Å²) in [6.45, 7) is 3.64. The lowest BCUT2D eigenvalue weighted by Crippen LogP contribution is -2.46. The van der Waals surface area contributed by atoms with Crippen molar-refractivity contribution in [1.29, 1.82) is 0 Å². The van der Waals surface area contributed by atoms with Crippen LogP contribution in [0.2, 0.25) is 0 Å². The molecule has 2 aliphatic rings. The number of thiazole rings is 1. The van der Waals surface area contributed by atoms with Crippen LogP contribution in [-0.2, 0) is 27.4 Å². The average molecular weight is 456 g/mol. The first-order valence-corrected chi connectivity index (χ1v) is 12.6. The summed E-state index contributed by atoms with van der Waals surface area (Å²) in [4.78, 5) is 35.4. The Hall–Kier alpha value is -2.25. The zero-order chi connectivity index (χ0) is 22.3. The second-order valence-electron chi connectivity index (χ2n) is 8.89. The monoisotopic (exact) mass is 455 g/mol. The summed E-state index contributed by atoms with van der Waals surface area (Å²) in [6.07, 6.45) is 6.56. The molecule has 32 heavy (non-hydrogen) atoms. The summed E-state index contributed by atoms with van der Waals surface area (Å²) in [6, 6.07) is 10.3. The van der Waals surface area contributed by atoms with Gasteiger partial charge in [-0.25, -0.2) is 4.98 Å². The van der Waals surface area contributed by atoms with Crippen molar-refractivity contribution in [2.45, 2.75) is 70.6 Å². The molecule has 2 aromatic rings. The van der Waals surface area contributed by atoms with Crippen LogP contribution >= 0.6 is 11.3 Å². The number of hydrogen-bond acceptors (Lipinski definition) is 5. The van der Waals surface area contributed by atoms with Gasteiger partial charge in [-0.15, -0.1) is 11.3 Å². The van der Waals surface area contributed by atoms with Crippen molar-refractivity contribution < 1.29 is 14.3 Å². The highest BCUT2D eigenvalue weighted by Gasteiger charge is 2.34. The minimum atomic E-state index is -0.183. The highest BCUT2D eigenvalue weighted by molar-refractivity contribution is 7.09. The van der Waals surface area contributed by atoms with Crippen LogP contribution in [0.1, 0.15) is 54.7 Å². The highest BCUT2D eigenvalue weighted by atomic mass is 32.1. The molecule has 1 aromatic heterocycles. The number of amides is 2. The maximum Gasteiger partial charge on any atom is 0.242 e. The molecule has 0 N–H and O–H groups in total. The van der Waals surface area contributed by atoms with Gasteiger partial charge >= 0.3 is 0 Å². The average Bonchev–Trinajstić information content (AvgIpc) is 3.15. The second kappa shape index (κ2) is 11.1. The molecule has 0 unspecified atom stereocenters. The largest absolute Gasteiger partial charge is 0.370 e. The molecule has 1 atom stereocenters. The molecule has 1 aliphatic carbocycles. The number of ether oxygens (including phenoxy) is 1. The lowest BCUT2D eigenvalue weighted by Gasteiger charge is -2.34. The molecule has 0 spiro atoms. The van der Waals surface area contributed by atoms with Crippen molar-refractivity contribution in [3.8, 4) is 0 Å². The Labute approximate surface area is 194 Å². The molecule has 1 saturated carbocycles. The lowest BCUT2D eigenvalue weighted by atomic mass is 9.94. The van der Waals surface area contributed by atoms with Crippen molar-refractivity contribution in [1.82, 2.24) is 14.8 Å². The third-order valence-corrected chi connectivity index (χ3v) is 7.57. The third-order valence-electron chi connectivity index (χ3n) is 6.58. The standard InChI is InChI=1S/C25H33N3O3S/c1-19-23(32-18-26-19)12-13-24(29)27-14-22(31-17-20-8-4-2-5-9-20)15-28(25(30)16-27)21-10-6-3-7-11-21/h2,4-5,8-9,18,21-22H,3,6-7,10-17H2,1H3/t22-/m1/s1. The Morgan fingerprint density at radius 3 is 2.66 bits per heavy atom. The molecule has 7 heteroatoms. The van der Waals surface area contributed by atoms with E-state index in [1.807, 2.05) is 47.7 Å². The first-order chi connectivity index (χ1) is 15.6. The summed E-state index contributed by atoms with van der Waals surface area (Å²) in [5.41, 5.74) is 3.91. The number of aryl methyl sites for hydroxylation is 2. The van der Waals surface area contributed by atoms with E-state index in [9.17, 15) is 9.59 Å². The van der Waals surface area contributed by atoms with Crippen LogP contribution in [-0.4, -0.2) is 58.4 Å². The van der Waals surface area contributed by atoms with Gasteiger partial charge in [0.1, 0.15) is 0 Å². The first-order valence-electron chi connectivity index (χ1n) is 11.7. The van der Waals surface area contributed by atoms with Crippen molar-refractivity contribution in [2.24, 2.45) is 0 Å². The van der Waals surface area contributed by atoms with Gasteiger partial charge in [0.25, 0.3) is 0 Å². The molecule has 2 amide bonds. The van der Waals surface area contributed by atoms with Crippen molar-refractivity contribution in [2.75, 3.05) is 19.6 Å². The summed E-state index contributed by atoms with van der Waals surface area (Å²) in [5.74, 6) is 0.0787. The highest BCUT2D eigenvalue weighted by Crippen LogP contribution is 2.25. The molecule has 1 saturated heterocycles. The van der Waals surface area contributed by atoms with Gasteiger partial charge < -0.3 is 14.5 Å². The normalized spacial score (nSPS) is 20.4. The molecule has 172 valence electrons. The molecular weight excluding hydrogens is 422 g/mol. The van der Waals surface area contributed by atoms with Crippen molar-refractivity contribution >= 4 is 23.2 Å². The van der Waals surface area contributed by atoms with Crippen LogP contribution in [0, 0.1) is 6.92 Å². The molecule has 1 aliphatic heterocycles. The minimum absolute atomic E-state index is 0.0185. The maximum atomic E-state index is 13.2. The minimum Gasteiger partial charge on any atom is -0.370 e. The smallest absolute Gasteiger partial charge is 0.242 e. The quantitative estimate of drug-likeness (QED) is 0.634. The fourth-order valence-corrected chi connectivity index (χ4v) is 5.50. The van der Waals surface area contributed by atoms with E-state index >= 15 is 0 Å². The number of aromatic nitrogens is 1. The van der Waals surface area contributed by atoms with Crippen LogP contribution in [0.4, 0.5) is 0 Å². The number of hydrogen-bond donors (Lipinski definition) is 0. The third kappa shape index (κ3) is 5.95. The van der Waals surface area contributed by atoms with Gasteiger partial charge in [-0.1, -0.05) is 49.6 Å². The SMILES string of the molecule is Cc1ncsc1CCC(=O)N1CC(=O)N(C2CCCCC2)C[C@H](OCc2ccccc2)C1. The molecule has 0 radical (unpaired) electrons. The Morgan fingerprint density at radius 2 is 1.94 bits per heavy atom. The molecule has 0 bridgehead atoms. The number of benzene rings is 1. The Morgan fingerprint density at radius 1 is 1.16 bits per heavy atom. The van der Waals surface area contributed by atoms with E-state index in [0.29, 0.717) is 32.5 Å². The summed E-state index contributed by atoms with van der Waals surface area (Å²) in [7, 11) is 0. The second-order valence-corrected chi connectivity index (χ2v) is 9.83. The predicted octanol–water partition coefficient (Wildman–Crippen LogP) is 3.97. The predicted molar refractivity (Wildman–Crippen MR) is 125 cm³/mol. The van der Waals surface area contributed by atoms with E-state index in [1.165, 1.54) is 19.3 Å². The Balaban J connectivity index is 1.44.